The maximum Gasteiger partial charge on any atom is 0.290 e. The molecule has 0 aliphatic carbocycles. The lowest BCUT2D eigenvalue weighted by Crippen LogP contribution is -2.52. The molecule has 2 amide bonds. The van der Waals surface area contributed by atoms with Crippen molar-refractivity contribution in [1.29, 1.82) is 0 Å². The third-order valence-corrected chi connectivity index (χ3v) is 5.54. The number of rotatable bonds is 5. The second-order valence-electron chi connectivity index (χ2n) is 7.56. The first-order valence-electron chi connectivity index (χ1n) is 9.96. The number of ether oxygens (including phenoxy) is 1. The van der Waals surface area contributed by atoms with E-state index in [0.29, 0.717) is 18.5 Å². The molecule has 2 aromatic carbocycles. The van der Waals surface area contributed by atoms with Crippen LogP contribution in [0.15, 0.2) is 65.3 Å². The van der Waals surface area contributed by atoms with Crippen molar-refractivity contribution in [3.05, 3.63) is 89.1 Å². The van der Waals surface area contributed by atoms with E-state index in [2.05, 4.69) is 0 Å². The average molecular weight is 422 g/mol. The first-order chi connectivity index (χ1) is 15.0. The molecule has 2 heterocycles. The van der Waals surface area contributed by atoms with E-state index in [1.165, 1.54) is 30.4 Å². The van der Waals surface area contributed by atoms with Crippen LogP contribution in [0.4, 0.5) is 4.39 Å². The van der Waals surface area contributed by atoms with Crippen LogP contribution in [0.2, 0.25) is 0 Å². The minimum absolute atomic E-state index is 0.150. The fraction of sp³-hybridized carbons (Fsp3) is 0.250. The molecule has 1 aromatic heterocycles. The Morgan fingerprint density at radius 3 is 2.61 bits per heavy atom. The Bertz CT molecular complexity index is 1100. The SMILES string of the molecule is COc1ccc(CN(C)C(=O)C2Cc3ccccc3CN2C(=O)c2ccco2)cc1F. The molecule has 0 radical (unpaired) electrons. The van der Waals surface area contributed by atoms with E-state index in [1.54, 1.807) is 30.1 Å². The van der Waals surface area contributed by atoms with Crippen molar-refractivity contribution >= 4 is 11.8 Å². The number of hydrogen-bond acceptors (Lipinski definition) is 4. The van der Waals surface area contributed by atoms with E-state index >= 15 is 0 Å². The molecule has 0 saturated heterocycles. The van der Waals surface area contributed by atoms with Crippen LogP contribution in [0, 0.1) is 5.82 Å². The van der Waals surface area contributed by atoms with Crippen LogP contribution in [-0.4, -0.2) is 41.8 Å². The average Bonchev–Trinajstić information content (AvgIpc) is 3.32. The highest BCUT2D eigenvalue weighted by Gasteiger charge is 2.37. The molecule has 160 valence electrons. The Balaban J connectivity index is 1.58. The zero-order valence-corrected chi connectivity index (χ0v) is 17.4. The number of methoxy groups -OCH3 is 1. The fourth-order valence-corrected chi connectivity index (χ4v) is 3.91. The van der Waals surface area contributed by atoms with Crippen LogP contribution in [0.25, 0.3) is 0 Å². The normalized spacial score (nSPS) is 15.3. The van der Waals surface area contributed by atoms with Gasteiger partial charge in [0.15, 0.2) is 17.3 Å². The number of halogens is 1. The van der Waals surface area contributed by atoms with Gasteiger partial charge in [0.05, 0.1) is 13.4 Å². The number of hydrogen-bond donors (Lipinski definition) is 0. The first kappa shape index (κ1) is 20.7. The largest absolute Gasteiger partial charge is 0.494 e. The Labute approximate surface area is 179 Å². The summed E-state index contributed by atoms with van der Waals surface area (Å²) in [5, 5.41) is 0. The summed E-state index contributed by atoms with van der Waals surface area (Å²) in [6, 6.07) is 14.9. The molecule has 1 aliphatic heterocycles. The summed E-state index contributed by atoms with van der Waals surface area (Å²) in [5.74, 6) is -0.691. The lowest BCUT2D eigenvalue weighted by molar-refractivity contribution is -0.135. The monoisotopic (exact) mass is 422 g/mol. The molecule has 1 aliphatic rings. The van der Waals surface area contributed by atoms with Gasteiger partial charge in [-0.05, 0) is 41.0 Å². The summed E-state index contributed by atoms with van der Waals surface area (Å²) < 4.78 is 24.3. The van der Waals surface area contributed by atoms with Gasteiger partial charge in [-0.1, -0.05) is 30.3 Å². The summed E-state index contributed by atoms with van der Waals surface area (Å²) in [4.78, 5) is 29.5. The number of carbonyl (C=O) groups excluding carboxylic acids is 2. The third kappa shape index (κ3) is 4.17. The predicted octanol–water partition coefficient (Wildman–Crippen LogP) is 3.65. The Hall–Kier alpha value is -3.61. The zero-order valence-electron chi connectivity index (χ0n) is 17.4. The summed E-state index contributed by atoms with van der Waals surface area (Å²) in [5.41, 5.74) is 2.67. The van der Waals surface area contributed by atoms with E-state index in [4.69, 9.17) is 9.15 Å². The number of fused-ring (bicyclic) bond motifs is 1. The van der Waals surface area contributed by atoms with Gasteiger partial charge in [0.2, 0.25) is 5.91 Å². The molecular formula is C24H23FN2O4. The number of likely N-dealkylation sites (N-methyl/N-ethyl adjacent to an activating group) is 1. The molecule has 6 nitrogen and oxygen atoms in total. The van der Waals surface area contributed by atoms with E-state index < -0.39 is 11.9 Å². The summed E-state index contributed by atoms with van der Waals surface area (Å²) in [6.45, 7) is 0.526. The Morgan fingerprint density at radius 1 is 1.16 bits per heavy atom. The van der Waals surface area contributed by atoms with Crippen molar-refractivity contribution in [2.45, 2.75) is 25.6 Å². The highest BCUT2D eigenvalue weighted by atomic mass is 19.1. The summed E-state index contributed by atoms with van der Waals surface area (Å²) in [6.07, 6.45) is 1.84. The molecule has 4 rings (SSSR count). The molecule has 0 fully saturated rings. The number of carbonyl (C=O) groups is 2. The second kappa shape index (κ2) is 8.63. The van der Waals surface area contributed by atoms with Crippen LogP contribution in [-0.2, 0) is 24.3 Å². The standard InChI is InChI=1S/C24H23FN2O4/c1-26(14-16-9-10-21(30-2)19(25)12-16)23(28)20-13-17-6-3-4-7-18(17)15-27(20)24(29)22-8-5-11-31-22/h3-12,20H,13-15H2,1-2H3. The topological polar surface area (TPSA) is 63.0 Å². The molecule has 0 N–H and O–H groups in total. The smallest absolute Gasteiger partial charge is 0.290 e. The molecule has 7 heteroatoms. The van der Waals surface area contributed by atoms with Crippen molar-refractivity contribution in [2.75, 3.05) is 14.2 Å². The fourth-order valence-electron chi connectivity index (χ4n) is 3.91. The summed E-state index contributed by atoms with van der Waals surface area (Å²) in [7, 11) is 3.06. The van der Waals surface area contributed by atoms with Crippen molar-refractivity contribution in [2.24, 2.45) is 0 Å². The highest BCUT2D eigenvalue weighted by molar-refractivity contribution is 5.96. The van der Waals surface area contributed by atoms with Gasteiger partial charge < -0.3 is 19.0 Å². The van der Waals surface area contributed by atoms with Crippen LogP contribution in [0.1, 0.15) is 27.2 Å². The van der Waals surface area contributed by atoms with E-state index in [0.717, 1.165) is 11.1 Å². The van der Waals surface area contributed by atoms with Gasteiger partial charge in [-0.15, -0.1) is 0 Å². The van der Waals surface area contributed by atoms with E-state index in [-0.39, 0.29) is 29.9 Å². The quantitative estimate of drug-likeness (QED) is 0.630. The van der Waals surface area contributed by atoms with Crippen LogP contribution >= 0.6 is 0 Å². The van der Waals surface area contributed by atoms with Gasteiger partial charge in [0.1, 0.15) is 6.04 Å². The lowest BCUT2D eigenvalue weighted by atomic mass is 9.93. The van der Waals surface area contributed by atoms with Crippen molar-refractivity contribution in [1.82, 2.24) is 9.80 Å². The Morgan fingerprint density at radius 2 is 1.94 bits per heavy atom. The van der Waals surface area contributed by atoms with Crippen LogP contribution < -0.4 is 4.74 Å². The minimum atomic E-state index is -0.680. The number of furan rings is 1. The van der Waals surface area contributed by atoms with Crippen LogP contribution in [0.3, 0.4) is 0 Å². The molecule has 0 spiro atoms. The van der Waals surface area contributed by atoms with Gasteiger partial charge in [0, 0.05) is 26.6 Å². The first-order valence-corrected chi connectivity index (χ1v) is 9.96. The number of benzene rings is 2. The zero-order chi connectivity index (χ0) is 22.0. The molecule has 31 heavy (non-hydrogen) atoms. The molecule has 3 aromatic rings. The van der Waals surface area contributed by atoms with Gasteiger partial charge in [-0.3, -0.25) is 9.59 Å². The third-order valence-electron chi connectivity index (χ3n) is 5.54. The van der Waals surface area contributed by atoms with E-state index in [9.17, 15) is 14.0 Å². The van der Waals surface area contributed by atoms with Gasteiger partial charge in [-0.2, -0.15) is 0 Å². The predicted molar refractivity (Wildman–Crippen MR) is 112 cm³/mol. The maximum atomic E-state index is 14.1. The lowest BCUT2D eigenvalue weighted by Gasteiger charge is -2.37. The van der Waals surface area contributed by atoms with Crippen molar-refractivity contribution in [3.63, 3.8) is 0 Å². The maximum absolute atomic E-state index is 14.1. The van der Waals surface area contributed by atoms with Crippen LogP contribution in [0.5, 0.6) is 5.75 Å². The number of amides is 2. The highest BCUT2D eigenvalue weighted by Crippen LogP contribution is 2.27. The van der Waals surface area contributed by atoms with Gasteiger partial charge >= 0.3 is 0 Å². The Kier molecular flexibility index (Phi) is 5.75. The molecule has 1 unspecified atom stereocenters. The van der Waals surface area contributed by atoms with Gasteiger partial charge in [-0.25, -0.2) is 4.39 Å². The summed E-state index contributed by atoms with van der Waals surface area (Å²) >= 11 is 0. The second-order valence-corrected chi connectivity index (χ2v) is 7.56. The van der Waals surface area contributed by atoms with Gasteiger partial charge in [0.25, 0.3) is 5.91 Å². The van der Waals surface area contributed by atoms with Crippen molar-refractivity contribution < 1.29 is 23.1 Å². The van der Waals surface area contributed by atoms with Crippen molar-refractivity contribution in [3.8, 4) is 5.75 Å². The molecule has 0 saturated carbocycles. The minimum Gasteiger partial charge on any atom is -0.494 e. The van der Waals surface area contributed by atoms with E-state index in [1.807, 2.05) is 24.3 Å². The molecule has 1 atom stereocenters. The molecular weight excluding hydrogens is 399 g/mol. The number of nitrogens with zero attached hydrogens (tertiary/aromatic N) is 2. The molecule has 0 bridgehead atoms.